The number of amides is 1. The Balaban J connectivity index is 1.66. The quantitative estimate of drug-likeness (QED) is 0.855. The Morgan fingerprint density at radius 3 is 3.09 bits per heavy atom. The summed E-state index contributed by atoms with van der Waals surface area (Å²) < 4.78 is 5.72. The normalized spacial score (nSPS) is 18.2. The molecule has 6 heteroatoms. The summed E-state index contributed by atoms with van der Waals surface area (Å²) in [7, 11) is 0. The summed E-state index contributed by atoms with van der Waals surface area (Å²) in [6.45, 7) is 3.50. The molecule has 0 aromatic carbocycles. The van der Waals surface area contributed by atoms with Gasteiger partial charge in [0.25, 0.3) is 0 Å². The number of pyridine rings is 1. The number of nitrogens with zero attached hydrogens (tertiary/aromatic N) is 4. The highest BCUT2D eigenvalue weighted by Crippen LogP contribution is 2.19. The van der Waals surface area contributed by atoms with Crippen molar-refractivity contribution in [3.63, 3.8) is 0 Å². The van der Waals surface area contributed by atoms with E-state index in [2.05, 4.69) is 15.0 Å². The minimum absolute atomic E-state index is 0.0777. The molecule has 1 aliphatic heterocycles. The zero-order valence-corrected chi connectivity index (χ0v) is 12.5. The van der Waals surface area contributed by atoms with Crippen molar-refractivity contribution in [2.75, 3.05) is 19.7 Å². The van der Waals surface area contributed by atoms with Crippen LogP contribution in [-0.2, 0) is 16.0 Å². The largest absolute Gasteiger partial charge is 0.367 e. The van der Waals surface area contributed by atoms with Gasteiger partial charge in [-0.1, -0.05) is 6.07 Å². The first-order valence-corrected chi connectivity index (χ1v) is 7.30. The maximum Gasteiger partial charge on any atom is 0.227 e. The summed E-state index contributed by atoms with van der Waals surface area (Å²) >= 11 is 0. The Morgan fingerprint density at radius 1 is 1.41 bits per heavy atom. The number of hydrogen-bond donors (Lipinski definition) is 0. The van der Waals surface area contributed by atoms with Crippen LogP contribution < -0.4 is 0 Å². The summed E-state index contributed by atoms with van der Waals surface area (Å²) in [5.41, 5.74) is 1.81. The van der Waals surface area contributed by atoms with Gasteiger partial charge >= 0.3 is 0 Å². The molecule has 1 atom stereocenters. The van der Waals surface area contributed by atoms with Gasteiger partial charge < -0.3 is 9.64 Å². The molecule has 2 aromatic rings. The second-order valence-electron chi connectivity index (χ2n) is 5.29. The zero-order valence-electron chi connectivity index (χ0n) is 12.5. The molecule has 1 saturated heterocycles. The predicted molar refractivity (Wildman–Crippen MR) is 80.0 cm³/mol. The highest BCUT2D eigenvalue weighted by atomic mass is 16.5. The molecule has 6 nitrogen and oxygen atoms in total. The monoisotopic (exact) mass is 298 g/mol. The first kappa shape index (κ1) is 14.6. The maximum absolute atomic E-state index is 12.4. The molecule has 2 aromatic heterocycles. The van der Waals surface area contributed by atoms with Crippen LogP contribution in [0, 0.1) is 6.92 Å². The van der Waals surface area contributed by atoms with E-state index < -0.39 is 0 Å². The van der Waals surface area contributed by atoms with E-state index in [9.17, 15) is 4.79 Å². The highest BCUT2D eigenvalue weighted by Gasteiger charge is 2.27. The van der Waals surface area contributed by atoms with Crippen molar-refractivity contribution in [3.05, 3.63) is 53.9 Å². The van der Waals surface area contributed by atoms with E-state index in [0.29, 0.717) is 31.9 Å². The fourth-order valence-corrected chi connectivity index (χ4v) is 2.44. The van der Waals surface area contributed by atoms with Crippen LogP contribution in [0.5, 0.6) is 0 Å². The predicted octanol–water partition coefficient (Wildman–Crippen LogP) is 1.32. The average molecular weight is 298 g/mol. The van der Waals surface area contributed by atoms with Gasteiger partial charge in [0.15, 0.2) is 5.82 Å². The minimum atomic E-state index is -0.258. The summed E-state index contributed by atoms with van der Waals surface area (Å²) in [5, 5.41) is 0. The second kappa shape index (κ2) is 6.62. The van der Waals surface area contributed by atoms with Crippen molar-refractivity contribution < 1.29 is 9.53 Å². The molecule has 0 N–H and O–H groups in total. The molecule has 0 radical (unpaired) electrons. The molecule has 1 fully saturated rings. The molecule has 1 aliphatic rings. The third kappa shape index (κ3) is 3.46. The minimum Gasteiger partial charge on any atom is -0.367 e. The molecule has 3 heterocycles. The van der Waals surface area contributed by atoms with Crippen LogP contribution in [0.1, 0.15) is 23.2 Å². The van der Waals surface area contributed by atoms with Gasteiger partial charge in [-0.2, -0.15) is 0 Å². The zero-order chi connectivity index (χ0) is 15.4. The molecular formula is C16H18N4O2. The third-order valence-corrected chi connectivity index (χ3v) is 3.60. The summed E-state index contributed by atoms with van der Waals surface area (Å²) in [4.78, 5) is 26.9. The Morgan fingerprint density at radius 2 is 2.32 bits per heavy atom. The number of carbonyl (C=O) groups is 1. The van der Waals surface area contributed by atoms with Crippen LogP contribution in [0.3, 0.4) is 0 Å². The van der Waals surface area contributed by atoms with Crippen LogP contribution in [0.15, 0.2) is 36.8 Å². The van der Waals surface area contributed by atoms with Crippen LogP contribution in [0.25, 0.3) is 0 Å². The number of hydrogen-bond acceptors (Lipinski definition) is 5. The average Bonchev–Trinajstić information content (AvgIpc) is 2.56. The molecular weight excluding hydrogens is 280 g/mol. The molecule has 0 saturated carbocycles. The first-order chi connectivity index (χ1) is 10.7. The Hall–Kier alpha value is -2.34. The van der Waals surface area contributed by atoms with Crippen LogP contribution in [0.2, 0.25) is 0 Å². The molecule has 22 heavy (non-hydrogen) atoms. The van der Waals surface area contributed by atoms with Gasteiger partial charge in [0.1, 0.15) is 6.10 Å². The Bertz CT molecular complexity index is 648. The van der Waals surface area contributed by atoms with E-state index in [0.717, 1.165) is 11.3 Å². The van der Waals surface area contributed by atoms with E-state index >= 15 is 0 Å². The number of aryl methyl sites for hydroxylation is 1. The number of carbonyl (C=O) groups excluding carboxylic acids is 1. The molecule has 0 unspecified atom stereocenters. The number of rotatable bonds is 3. The number of morpholine rings is 1. The summed E-state index contributed by atoms with van der Waals surface area (Å²) in [6, 6.07) is 5.59. The fourth-order valence-electron chi connectivity index (χ4n) is 2.44. The topological polar surface area (TPSA) is 68.2 Å². The summed E-state index contributed by atoms with van der Waals surface area (Å²) in [5.74, 6) is 0.716. The van der Waals surface area contributed by atoms with E-state index in [4.69, 9.17) is 4.74 Å². The van der Waals surface area contributed by atoms with Crippen molar-refractivity contribution in [3.8, 4) is 0 Å². The molecule has 0 spiro atoms. The van der Waals surface area contributed by atoms with Crippen molar-refractivity contribution in [2.45, 2.75) is 19.4 Å². The Kier molecular flexibility index (Phi) is 4.39. The van der Waals surface area contributed by atoms with E-state index in [1.807, 2.05) is 30.0 Å². The lowest BCUT2D eigenvalue weighted by atomic mass is 10.1. The van der Waals surface area contributed by atoms with Crippen molar-refractivity contribution in [1.82, 2.24) is 19.9 Å². The molecule has 1 amide bonds. The van der Waals surface area contributed by atoms with Gasteiger partial charge in [-0.3, -0.25) is 9.78 Å². The van der Waals surface area contributed by atoms with Gasteiger partial charge in [-0.05, 0) is 24.6 Å². The van der Waals surface area contributed by atoms with Crippen molar-refractivity contribution in [2.24, 2.45) is 0 Å². The van der Waals surface area contributed by atoms with Crippen LogP contribution in [-0.4, -0.2) is 45.5 Å². The maximum atomic E-state index is 12.4. The number of ether oxygens (including phenoxy) is 1. The van der Waals surface area contributed by atoms with Crippen molar-refractivity contribution in [1.29, 1.82) is 0 Å². The van der Waals surface area contributed by atoms with E-state index in [1.54, 1.807) is 18.6 Å². The molecule has 3 rings (SSSR count). The van der Waals surface area contributed by atoms with E-state index in [-0.39, 0.29) is 12.0 Å². The van der Waals surface area contributed by atoms with Crippen LogP contribution >= 0.6 is 0 Å². The van der Waals surface area contributed by atoms with Gasteiger partial charge in [-0.25, -0.2) is 9.97 Å². The molecule has 114 valence electrons. The van der Waals surface area contributed by atoms with Gasteiger partial charge in [-0.15, -0.1) is 0 Å². The lowest BCUT2D eigenvalue weighted by Crippen LogP contribution is -2.43. The van der Waals surface area contributed by atoms with Crippen LogP contribution in [0.4, 0.5) is 0 Å². The van der Waals surface area contributed by atoms with Gasteiger partial charge in [0, 0.05) is 30.8 Å². The first-order valence-electron chi connectivity index (χ1n) is 7.30. The van der Waals surface area contributed by atoms with Gasteiger partial charge in [0.05, 0.1) is 19.6 Å². The smallest absolute Gasteiger partial charge is 0.227 e. The highest BCUT2D eigenvalue weighted by molar-refractivity contribution is 5.78. The summed E-state index contributed by atoms with van der Waals surface area (Å²) in [6.07, 6.45) is 5.24. The fraction of sp³-hybridized carbons (Fsp3) is 0.375. The van der Waals surface area contributed by atoms with Crippen molar-refractivity contribution >= 4 is 5.91 Å². The lowest BCUT2D eigenvalue weighted by molar-refractivity contribution is -0.138. The SMILES string of the molecule is Cc1ccnc([C@H]2CN(C(=O)Cc3cccnc3)CCO2)n1. The van der Waals surface area contributed by atoms with E-state index in [1.165, 1.54) is 0 Å². The lowest BCUT2D eigenvalue weighted by Gasteiger charge is -2.32. The molecule has 0 aliphatic carbocycles. The molecule has 0 bridgehead atoms. The second-order valence-corrected chi connectivity index (χ2v) is 5.29. The number of aromatic nitrogens is 3. The standard InChI is InChI=1S/C16H18N4O2/c1-12-4-6-18-16(19-12)14-11-20(7-8-22-14)15(21)9-13-3-2-5-17-10-13/h2-6,10,14H,7-9,11H2,1H3/t14-/m1/s1. The third-order valence-electron chi connectivity index (χ3n) is 3.60. The Labute approximate surface area is 129 Å². The van der Waals surface area contributed by atoms with Gasteiger partial charge in [0.2, 0.25) is 5.91 Å².